The number of rotatable bonds is 5. The second kappa shape index (κ2) is 9.95. The lowest BCUT2D eigenvalue weighted by Crippen LogP contribution is -2.40. The Bertz CT molecular complexity index is 725. The zero-order valence-electron chi connectivity index (χ0n) is 20.0. The summed E-state index contributed by atoms with van der Waals surface area (Å²) in [4.78, 5) is 0. The van der Waals surface area contributed by atoms with Crippen LogP contribution in [0.5, 0.6) is 0 Å². The van der Waals surface area contributed by atoms with Gasteiger partial charge in [-0.3, -0.25) is 0 Å². The molecule has 28 heavy (non-hydrogen) atoms. The summed E-state index contributed by atoms with van der Waals surface area (Å²) in [6.45, 7) is 23.2. The van der Waals surface area contributed by atoms with E-state index in [0.717, 1.165) is 5.57 Å². The molecule has 156 valence electrons. The van der Waals surface area contributed by atoms with E-state index in [2.05, 4.69) is 98.6 Å². The molecule has 0 atom stereocenters. The summed E-state index contributed by atoms with van der Waals surface area (Å²) in [5.41, 5.74) is 5.58. The lowest BCUT2D eigenvalue weighted by molar-refractivity contribution is 0.327. The lowest BCUT2D eigenvalue weighted by atomic mass is 9.72. The molecular weight excluding hydrogens is 356 g/mol. The third-order valence-corrected chi connectivity index (χ3v) is 10.8. The minimum Gasteiger partial charge on any atom is -0.413 e. The molecule has 0 saturated carbocycles. The predicted molar refractivity (Wildman–Crippen MR) is 128 cm³/mol. The number of allylic oxidation sites excluding steroid dienone is 7. The third kappa shape index (κ3) is 7.61. The largest absolute Gasteiger partial charge is 0.413 e. The molecule has 0 bridgehead atoms. The van der Waals surface area contributed by atoms with Crippen LogP contribution in [-0.4, -0.2) is 14.9 Å². The fourth-order valence-electron chi connectivity index (χ4n) is 3.18. The molecule has 0 unspecified atom stereocenters. The molecule has 0 radical (unpaired) electrons. The van der Waals surface area contributed by atoms with Crippen molar-refractivity contribution in [1.29, 1.82) is 0 Å². The van der Waals surface area contributed by atoms with E-state index in [1.165, 1.54) is 36.0 Å². The first-order valence-electron chi connectivity index (χ1n) is 10.6. The van der Waals surface area contributed by atoms with Crippen LogP contribution in [0.15, 0.2) is 46.6 Å². The highest BCUT2D eigenvalue weighted by Gasteiger charge is 2.36. The standard InChI is InChI=1S/C26H42OSi/c1-21(16-17-24-23(3)15-12-19-26(24,7)8)13-11-14-22(2)18-20-27-28(9,10)25(4,5)6/h13,16-18H,12,15,19-20H2,1-10H3. The highest BCUT2D eigenvalue weighted by Crippen LogP contribution is 2.40. The van der Waals surface area contributed by atoms with E-state index in [4.69, 9.17) is 4.43 Å². The average Bonchev–Trinajstić information content (AvgIpc) is 2.52. The van der Waals surface area contributed by atoms with Gasteiger partial charge < -0.3 is 4.43 Å². The Hall–Kier alpha value is -1.30. The van der Waals surface area contributed by atoms with Crippen molar-refractivity contribution >= 4 is 8.32 Å². The van der Waals surface area contributed by atoms with Gasteiger partial charge >= 0.3 is 0 Å². The summed E-state index contributed by atoms with van der Waals surface area (Å²) in [7, 11) is -1.68. The molecule has 0 heterocycles. The van der Waals surface area contributed by atoms with Gasteiger partial charge in [0.25, 0.3) is 0 Å². The zero-order valence-corrected chi connectivity index (χ0v) is 21.0. The van der Waals surface area contributed by atoms with Gasteiger partial charge in [0.1, 0.15) is 0 Å². The van der Waals surface area contributed by atoms with Gasteiger partial charge in [-0.2, -0.15) is 0 Å². The molecule has 0 aromatic heterocycles. The molecular formula is C26H42OSi. The Morgan fingerprint density at radius 2 is 1.86 bits per heavy atom. The Labute approximate surface area is 176 Å². The molecule has 1 aliphatic rings. The minimum absolute atomic E-state index is 0.243. The van der Waals surface area contributed by atoms with Gasteiger partial charge in [0.15, 0.2) is 8.32 Å². The maximum absolute atomic E-state index is 6.19. The third-order valence-electron chi connectivity index (χ3n) is 6.26. The lowest BCUT2D eigenvalue weighted by Gasteiger charge is -2.35. The van der Waals surface area contributed by atoms with Crippen molar-refractivity contribution in [3.8, 4) is 11.8 Å². The quantitative estimate of drug-likeness (QED) is 0.259. The van der Waals surface area contributed by atoms with Crippen LogP contribution in [0.25, 0.3) is 0 Å². The van der Waals surface area contributed by atoms with Crippen LogP contribution in [0.1, 0.15) is 74.7 Å². The van der Waals surface area contributed by atoms with Crippen LogP contribution in [0, 0.1) is 17.3 Å². The molecule has 1 nitrogen and oxygen atoms in total. The van der Waals surface area contributed by atoms with E-state index >= 15 is 0 Å². The fraction of sp³-hybridized carbons (Fsp3) is 0.615. The topological polar surface area (TPSA) is 9.23 Å². The van der Waals surface area contributed by atoms with E-state index in [9.17, 15) is 0 Å². The van der Waals surface area contributed by atoms with Crippen LogP contribution in [0.3, 0.4) is 0 Å². The molecule has 0 saturated heterocycles. The van der Waals surface area contributed by atoms with Gasteiger partial charge in [0.2, 0.25) is 0 Å². The van der Waals surface area contributed by atoms with Crippen LogP contribution < -0.4 is 0 Å². The molecule has 1 rings (SSSR count). The SMILES string of the molecule is CC(C#CC=C(C)C=CC1=C(C)CCCC1(C)C)=CCO[Si](C)(C)C(C)(C)C. The van der Waals surface area contributed by atoms with Crippen LogP contribution in [-0.2, 0) is 4.43 Å². The van der Waals surface area contributed by atoms with Crippen molar-refractivity contribution in [3.05, 3.63) is 46.6 Å². The van der Waals surface area contributed by atoms with Gasteiger partial charge in [-0.15, -0.1) is 0 Å². The molecule has 0 fully saturated rings. The summed E-state index contributed by atoms with van der Waals surface area (Å²) in [5, 5.41) is 0.243. The highest BCUT2D eigenvalue weighted by molar-refractivity contribution is 6.74. The zero-order chi connectivity index (χ0) is 21.6. The van der Waals surface area contributed by atoms with Crippen molar-refractivity contribution < 1.29 is 4.43 Å². The first-order chi connectivity index (χ1) is 12.8. The Morgan fingerprint density at radius 1 is 1.21 bits per heavy atom. The maximum atomic E-state index is 6.19. The first-order valence-corrected chi connectivity index (χ1v) is 13.5. The van der Waals surface area contributed by atoms with Crippen LogP contribution >= 0.6 is 0 Å². The second-order valence-corrected chi connectivity index (χ2v) is 15.2. The normalized spacial score (nSPS) is 19.1. The first kappa shape index (κ1) is 24.7. The van der Waals surface area contributed by atoms with Gasteiger partial charge in [0, 0.05) is 0 Å². The van der Waals surface area contributed by atoms with E-state index in [1.54, 1.807) is 0 Å². The van der Waals surface area contributed by atoms with E-state index in [0.29, 0.717) is 6.61 Å². The smallest absolute Gasteiger partial charge is 0.192 e. The Balaban J connectivity index is 2.70. The predicted octanol–water partition coefficient (Wildman–Crippen LogP) is 7.99. The van der Waals surface area contributed by atoms with Gasteiger partial charge in [0.05, 0.1) is 6.61 Å². The molecule has 0 spiro atoms. The summed E-state index contributed by atoms with van der Waals surface area (Å²) in [6.07, 6.45) is 12.4. The Kier molecular flexibility index (Phi) is 8.79. The monoisotopic (exact) mass is 398 g/mol. The Morgan fingerprint density at radius 3 is 2.43 bits per heavy atom. The fourth-order valence-corrected chi connectivity index (χ4v) is 4.11. The van der Waals surface area contributed by atoms with Crippen molar-refractivity contribution in [2.75, 3.05) is 6.61 Å². The molecule has 0 aromatic rings. The van der Waals surface area contributed by atoms with Crippen LogP contribution in [0.4, 0.5) is 0 Å². The van der Waals surface area contributed by atoms with Gasteiger partial charge in [-0.1, -0.05) is 64.2 Å². The van der Waals surface area contributed by atoms with Gasteiger partial charge in [-0.05, 0) is 92.5 Å². The molecule has 2 heteroatoms. The molecule has 0 aliphatic heterocycles. The molecule has 0 N–H and O–H groups in total. The summed E-state index contributed by atoms with van der Waals surface area (Å²) < 4.78 is 6.19. The van der Waals surface area contributed by atoms with E-state index in [1.807, 2.05) is 6.08 Å². The maximum Gasteiger partial charge on any atom is 0.192 e. The summed E-state index contributed by atoms with van der Waals surface area (Å²) in [5.74, 6) is 6.42. The van der Waals surface area contributed by atoms with Gasteiger partial charge in [-0.25, -0.2) is 0 Å². The molecule has 0 aromatic carbocycles. The van der Waals surface area contributed by atoms with Crippen LogP contribution in [0.2, 0.25) is 18.1 Å². The van der Waals surface area contributed by atoms with Crippen molar-refractivity contribution in [3.63, 3.8) is 0 Å². The second-order valence-electron chi connectivity index (χ2n) is 10.4. The van der Waals surface area contributed by atoms with E-state index < -0.39 is 8.32 Å². The van der Waals surface area contributed by atoms with E-state index in [-0.39, 0.29) is 10.5 Å². The van der Waals surface area contributed by atoms with Crippen molar-refractivity contribution in [2.45, 2.75) is 92.8 Å². The summed E-state index contributed by atoms with van der Waals surface area (Å²) in [6, 6.07) is 0. The molecule has 0 amide bonds. The van der Waals surface area contributed by atoms with Crippen molar-refractivity contribution in [2.24, 2.45) is 5.41 Å². The molecule has 1 aliphatic carbocycles. The number of hydrogen-bond acceptors (Lipinski definition) is 1. The summed E-state index contributed by atoms with van der Waals surface area (Å²) >= 11 is 0. The number of hydrogen-bond donors (Lipinski definition) is 0. The highest BCUT2D eigenvalue weighted by atomic mass is 28.4. The van der Waals surface area contributed by atoms with Crippen molar-refractivity contribution in [1.82, 2.24) is 0 Å². The average molecular weight is 399 g/mol. The minimum atomic E-state index is -1.68.